The lowest BCUT2D eigenvalue weighted by Gasteiger charge is -2.24. The van der Waals surface area contributed by atoms with Crippen LogP contribution in [0.4, 0.5) is 13.2 Å². The van der Waals surface area contributed by atoms with Crippen LogP contribution in [0.3, 0.4) is 0 Å². The molecule has 0 saturated heterocycles. The Labute approximate surface area is 149 Å². The fourth-order valence-corrected chi connectivity index (χ4v) is 2.62. The number of nitrogens with one attached hydrogen (secondary N) is 1. The zero-order valence-corrected chi connectivity index (χ0v) is 14.3. The molecule has 26 heavy (non-hydrogen) atoms. The van der Waals surface area contributed by atoms with E-state index in [0.29, 0.717) is 21.9 Å². The SMILES string of the molecule is CC1CC1C(=O)NCCC(=O)N(Cc1ccc(C#N)cc1)CC(F)(F)F. The fourth-order valence-electron chi connectivity index (χ4n) is 2.62. The van der Waals surface area contributed by atoms with Crippen molar-refractivity contribution in [3.05, 3.63) is 35.4 Å². The van der Waals surface area contributed by atoms with E-state index in [1.54, 1.807) is 0 Å². The van der Waals surface area contributed by atoms with E-state index in [1.807, 2.05) is 13.0 Å². The third-order valence-electron chi connectivity index (χ3n) is 4.26. The Morgan fingerprint density at radius 2 is 1.92 bits per heavy atom. The van der Waals surface area contributed by atoms with Crippen LogP contribution in [0.25, 0.3) is 0 Å². The number of alkyl halides is 3. The molecule has 2 unspecified atom stereocenters. The Hall–Kier alpha value is -2.56. The van der Waals surface area contributed by atoms with E-state index in [-0.39, 0.29) is 31.3 Å². The molecule has 1 fully saturated rings. The largest absolute Gasteiger partial charge is 0.406 e. The molecule has 1 N–H and O–H groups in total. The standard InChI is InChI=1S/C18H20F3N3O2/c1-12-8-15(12)17(26)23-7-6-16(25)24(11-18(19,20)21)10-14-4-2-13(9-22)3-5-14/h2-5,12,15H,6-8,10-11H2,1H3,(H,23,26). The third-order valence-corrected chi connectivity index (χ3v) is 4.26. The number of hydrogen-bond donors (Lipinski definition) is 1. The Balaban J connectivity index is 1.92. The van der Waals surface area contributed by atoms with Crippen molar-refractivity contribution >= 4 is 11.8 Å². The minimum absolute atomic E-state index is 0.0165. The van der Waals surface area contributed by atoms with Crippen LogP contribution in [0, 0.1) is 23.2 Å². The molecule has 1 aliphatic carbocycles. The summed E-state index contributed by atoms with van der Waals surface area (Å²) in [7, 11) is 0. The highest BCUT2D eigenvalue weighted by atomic mass is 19.4. The first kappa shape index (κ1) is 19.8. The highest BCUT2D eigenvalue weighted by Crippen LogP contribution is 2.37. The van der Waals surface area contributed by atoms with Gasteiger partial charge in [0.1, 0.15) is 6.54 Å². The topological polar surface area (TPSA) is 73.2 Å². The van der Waals surface area contributed by atoms with Crippen LogP contribution in [0.5, 0.6) is 0 Å². The summed E-state index contributed by atoms with van der Waals surface area (Å²) in [4.78, 5) is 24.6. The number of rotatable bonds is 7. The Kier molecular flexibility index (Phi) is 6.24. The second-order valence-electron chi connectivity index (χ2n) is 6.53. The number of nitrogens with zero attached hydrogens (tertiary/aromatic N) is 2. The first-order chi connectivity index (χ1) is 12.2. The molecule has 1 aliphatic rings. The molecule has 2 rings (SSSR count). The van der Waals surface area contributed by atoms with Crippen molar-refractivity contribution in [3.63, 3.8) is 0 Å². The van der Waals surface area contributed by atoms with Crippen LogP contribution in [0.2, 0.25) is 0 Å². The van der Waals surface area contributed by atoms with Gasteiger partial charge < -0.3 is 10.2 Å². The van der Waals surface area contributed by atoms with Crippen molar-refractivity contribution in [1.29, 1.82) is 5.26 Å². The van der Waals surface area contributed by atoms with E-state index in [4.69, 9.17) is 5.26 Å². The maximum absolute atomic E-state index is 12.8. The molecule has 1 aromatic rings. The van der Waals surface area contributed by atoms with Gasteiger partial charge in [-0.25, -0.2) is 0 Å². The molecule has 5 nitrogen and oxygen atoms in total. The average molecular weight is 367 g/mol. The molecule has 0 radical (unpaired) electrons. The maximum atomic E-state index is 12.8. The summed E-state index contributed by atoms with van der Waals surface area (Å²) in [5.74, 6) is -0.561. The summed E-state index contributed by atoms with van der Waals surface area (Å²) in [5, 5.41) is 11.4. The number of hydrogen-bond acceptors (Lipinski definition) is 3. The van der Waals surface area contributed by atoms with Crippen molar-refractivity contribution in [2.45, 2.75) is 32.5 Å². The molecule has 8 heteroatoms. The van der Waals surface area contributed by atoms with Gasteiger partial charge >= 0.3 is 6.18 Å². The quantitative estimate of drug-likeness (QED) is 0.805. The summed E-state index contributed by atoms with van der Waals surface area (Å²) in [6.45, 7) is 0.387. The van der Waals surface area contributed by atoms with Gasteiger partial charge in [-0.3, -0.25) is 9.59 Å². The Morgan fingerprint density at radius 1 is 1.31 bits per heavy atom. The van der Waals surface area contributed by atoms with E-state index in [2.05, 4.69) is 5.32 Å². The monoisotopic (exact) mass is 367 g/mol. The van der Waals surface area contributed by atoms with Crippen LogP contribution in [-0.2, 0) is 16.1 Å². The fraction of sp³-hybridized carbons (Fsp3) is 0.500. The van der Waals surface area contributed by atoms with E-state index >= 15 is 0 Å². The number of nitriles is 1. The molecule has 0 aromatic heterocycles. The highest BCUT2D eigenvalue weighted by molar-refractivity contribution is 5.82. The molecule has 1 saturated carbocycles. The molecule has 0 spiro atoms. The smallest absolute Gasteiger partial charge is 0.355 e. The minimum atomic E-state index is -4.52. The third kappa shape index (κ3) is 6.06. The molecule has 0 aliphatic heterocycles. The summed E-state index contributed by atoms with van der Waals surface area (Å²) in [6, 6.07) is 7.94. The predicted octanol–water partition coefficient (Wildman–Crippen LogP) is 2.61. The van der Waals surface area contributed by atoms with E-state index in [0.717, 1.165) is 6.42 Å². The first-order valence-electron chi connectivity index (χ1n) is 8.31. The van der Waals surface area contributed by atoms with E-state index in [1.165, 1.54) is 24.3 Å². The summed E-state index contributed by atoms with van der Waals surface area (Å²) < 4.78 is 38.4. The number of amides is 2. The molecule has 1 aromatic carbocycles. The maximum Gasteiger partial charge on any atom is 0.406 e. The summed E-state index contributed by atoms with van der Waals surface area (Å²) >= 11 is 0. The summed E-state index contributed by atoms with van der Waals surface area (Å²) in [6.07, 6.45) is -3.91. The second kappa shape index (κ2) is 8.21. The minimum Gasteiger partial charge on any atom is -0.355 e. The molecular formula is C18H20F3N3O2. The van der Waals surface area contributed by atoms with Crippen LogP contribution < -0.4 is 5.32 Å². The van der Waals surface area contributed by atoms with Crippen LogP contribution >= 0.6 is 0 Å². The first-order valence-corrected chi connectivity index (χ1v) is 8.31. The Morgan fingerprint density at radius 3 is 2.42 bits per heavy atom. The van der Waals surface area contributed by atoms with E-state index < -0.39 is 18.6 Å². The zero-order valence-electron chi connectivity index (χ0n) is 14.3. The van der Waals surface area contributed by atoms with Crippen molar-refractivity contribution in [2.75, 3.05) is 13.1 Å². The van der Waals surface area contributed by atoms with Crippen LogP contribution in [0.15, 0.2) is 24.3 Å². The van der Waals surface area contributed by atoms with Gasteiger partial charge in [-0.15, -0.1) is 0 Å². The average Bonchev–Trinajstić information content (AvgIpc) is 3.30. The molecule has 2 amide bonds. The molecule has 0 heterocycles. The van der Waals surface area contributed by atoms with Gasteiger partial charge in [0.25, 0.3) is 0 Å². The van der Waals surface area contributed by atoms with Gasteiger partial charge in [-0.05, 0) is 30.0 Å². The predicted molar refractivity (Wildman–Crippen MR) is 87.5 cm³/mol. The van der Waals surface area contributed by atoms with Gasteiger partial charge in [0.05, 0.1) is 11.6 Å². The van der Waals surface area contributed by atoms with Gasteiger partial charge in [-0.1, -0.05) is 19.1 Å². The lowest BCUT2D eigenvalue weighted by atomic mass is 10.1. The summed E-state index contributed by atoms with van der Waals surface area (Å²) in [5.41, 5.74) is 0.886. The van der Waals surface area contributed by atoms with Crippen molar-refractivity contribution in [3.8, 4) is 6.07 Å². The Bertz CT molecular complexity index is 695. The highest BCUT2D eigenvalue weighted by Gasteiger charge is 2.39. The zero-order chi connectivity index (χ0) is 19.3. The number of benzene rings is 1. The van der Waals surface area contributed by atoms with Crippen molar-refractivity contribution in [2.24, 2.45) is 11.8 Å². The van der Waals surface area contributed by atoms with Crippen molar-refractivity contribution in [1.82, 2.24) is 10.2 Å². The van der Waals surface area contributed by atoms with Crippen molar-refractivity contribution < 1.29 is 22.8 Å². The van der Waals surface area contributed by atoms with Gasteiger partial charge in [0.2, 0.25) is 11.8 Å². The molecular weight excluding hydrogens is 347 g/mol. The van der Waals surface area contributed by atoms with Gasteiger partial charge in [-0.2, -0.15) is 18.4 Å². The molecule has 2 atom stereocenters. The normalized spacial score (nSPS) is 18.7. The lowest BCUT2D eigenvalue weighted by Crippen LogP contribution is -2.40. The number of carbonyl (C=O) groups excluding carboxylic acids is 2. The lowest BCUT2D eigenvalue weighted by molar-refractivity contribution is -0.162. The van der Waals surface area contributed by atoms with Gasteiger partial charge in [0.15, 0.2) is 0 Å². The number of carbonyl (C=O) groups is 2. The molecule has 0 bridgehead atoms. The molecule has 140 valence electrons. The second-order valence-corrected chi connectivity index (χ2v) is 6.53. The van der Waals surface area contributed by atoms with Gasteiger partial charge in [0, 0.05) is 25.4 Å². The van der Waals surface area contributed by atoms with Crippen LogP contribution in [-0.4, -0.2) is 36.0 Å². The van der Waals surface area contributed by atoms with Crippen LogP contribution in [0.1, 0.15) is 30.9 Å². The van der Waals surface area contributed by atoms with E-state index in [9.17, 15) is 22.8 Å². The number of halogens is 3.